The molecular weight excluding hydrogens is 210 g/mol. The summed E-state index contributed by atoms with van der Waals surface area (Å²) in [5.74, 6) is 0. The van der Waals surface area contributed by atoms with Gasteiger partial charge >= 0.3 is 0 Å². The Labute approximate surface area is 105 Å². The van der Waals surface area contributed by atoms with Crippen LogP contribution in [-0.2, 0) is 17.9 Å². The van der Waals surface area contributed by atoms with Crippen LogP contribution in [0.5, 0.6) is 0 Å². The monoisotopic (exact) mass is 229 g/mol. The number of hydrogen-bond donors (Lipinski definition) is 0. The Morgan fingerprint density at radius 2 is 2.35 bits per heavy atom. The second-order valence-electron chi connectivity index (χ2n) is 5.04. The van der Waals surface area contributed by atoms with Gasteiger partial charge in [0.1, 0.15) is 0 Å². The fourth-order valence-corrected chi connectivity index (χ4v) is 3.25. The first-order valence-corrected chi connectivity index (χ1v) is 6.38. The Bertz CT molecular complexity index is 567. The van der Waals surface area contributed by atoms with Crippen LogP contribution in [0.1, 0.15) is 44.7 Å². The molecule has 3 aliphatic heterocycles. The molecule has 0 radical (unpaired) electrons. The van der Waals surface area contributed by atoms with Crippen LogP contribution in [0.25, 0.3) is 0 Å². The highest BCUT2D eigenvalue weighted by molar-refractivity contribution is 5.36. The molecule has 0 spiro atoms. The fourth-order valence-electron chi connectivity index (χ4n) is 3.25. The first kappa shape index (κ1) is 7.93. The maximum absolute atomic E-state index is 7.79. The summed E-state index contributed by atoms with van der Waals surface area (Å²) in [5, 5.41) is 0. The highest BCUT2D eigenvalue weighted by Crippen LogP contribution is 2.41. The lowest BCUT2D eigenvalue weighted by Crippen LogP contribution is -2.19. The standard InChI is InChI=1S/C15H17NO/c1-2-14-5-6-15(16(14)7-1)11-3-4-12-9-17-10-13(12)8-11/h2-4,8,15H,1,5-7,9-10H2/i9D2. The minimum absolute atomic E-state index is 0.394. The molecule has 1 atom stereocenters. The first-order chi connectivity index (χ1) is 9.15. The smallest absolute Gasteiger partial charge is 0.0725 e. The summed E-state index contributed by atoms with van der Waals surface area (Å²) >= 11 is 0. The Kier molecular flexibility index (Phi) is 1.68. The van der Waals surface area contributed by atoms with E-state index in [0.717, 1.165) is 12.1 Å². The van der Waals surface area contributed by atoms with Crippen LogP contribution in [-0.4, -0.2) is 11.4 Å². The van der Waals surface area contributed by atoms with Gasteiger partial charge in [-0.3, -0.25) is 0 Å². The fraction of sp³-hybridized carbons (Fsp3) is 0.467. The zero-order valence-corrected chi connectivity index (χ0v) is 9.78. The van der Waals surface area contributed by atoms with E-state index in [2.05, 4.69) is 23.1 Å². The molecule has 88 valence electrons. The van der Waals surface area contributed by atoms with Crippen LogP contribution in [0.15, 0.2) is 30.0 Å². The molecule has 0 amide bonds. The molecule has 0 aliphatic carbocycles. The molecule has 0 bridgehead atoms. The van der Waals surface area contributed by atoms with E-state index in [1.165, 1.54) is 30.5 Å². The van der Waals surface area contributed by atoms with Gasteiger partial charge < -0.3 is 9.64 Å². The van der Waals surface area contributed by atoms with E-state index in [-0.39, 0.29) is 0 Å². The quantitative estimate of drug-likeness (QED) is 0.733. The lowest BCUT2D eigenvalue weighted by Gasteiger charge is -2.24. The van der Waals surface area contributed by atoms with Crippen molar-refractivity contribution in [2.45, 2.75) is 38.5 Å². The number of allylic oxidation sites excluding steroid dienone is 1. The van der Waals surface area contributed by atoms with E-state index in [1.807, 2.05) is 6.07 Å². The number of benzene rings is 1. The van der Waals surface area contributed by atoms with Gasteiger partial charge in [-0.1, -0.05) is 24.3 Å². The maximum Gasteiger partial charge on any atom is 0.0725 e. The Morgan fingerprint density at radius 3 is 3.35 bits per heavy atom. The highest BCUT2D eigenvalue weighted by atomic mass is 16.5. The molecule has 0 N–H and O–H groups in total. The van der Waals surface area contributed by atoms with Crippen molar-refractivity contribution in [1.29, 1.82) is 0 Å². The molecule has 0 aromatic heterocycles. The predicted octanol–water partition coefficient (Wildman–Crippen LogP) is 3.14. The predicted molar refractivity (Wildman–Crippen MR) is 66.3 cm³/mol. The summed E-state index contributed by atoms with van der Waals surface area (Å²) in [4.78, 5) is 2.51. The number of rotatable bonds is 1. The normalized spacial score (nSPS) is 30.7. The summed E-state index contributed by atoms with van der Waals surface area (Å²) in [6.45, 7) is -0.0811. The van der Waals surface area contributed by atoms with E-state index < -0.39 is 6.56 Å². The molecule has 0 saturated carbocycles. The molecule has 1 fully saturated rings. The summed E-state index contributed by atoms with van der Waals surface area (Å²) in [6, 6.07) is 6.62. The summed E-state index contributed by atoms with van der Waals surface area (Å²) in [5.41, 5.74) is 4.52. The third kappa shape index (κ3) is 1.44. The zero-order valence-electron chi connectivity index (χ0n) is 11.8. The van der Waals surface area contributed by atoms with Crippen molar-refractivity contribution in [1.82, 2.24) is 4.90 Å². The van der Waals surface area contributed by atoms with Crippen LogP contribution in [0.3, 0.4) is 0 Å². The second kappa shape index (κ2) is 3.61. The summed E-state index contributed by atoms with van der Waals surface area (Å²) in [6.07, 6.45) is 5.88. The molecule has 1 aromatic rings. The molecule has 4 rings (SSSR count). The van der Waals surface area contributed by atoms with E-state index in [9.17, 15) is 0 Å². The van der Waals surface area contributed by atoms with Gasteiger partial charge in [-0.05, 0) is 36.0 Å². The Morgan fingerprint density at radius 1 is 1.35 bits per heavy atom. The van der Waals surface area contributed by atoms with Crippen LogP contribution in [0, 0.1) is 0 Å². The highest BCUT2D eigenvalue weighted by Gasteiger charge is 2.31. The molecule has 3 heterocycles. The third-order valence-electron chi connectivity index (χ3n) is 4.09. The topological polar surface area (TPSA) is 12.5 Å². The summed E-state index contributed by atoms with van der Waals surface area (Å²) in [7, 11) is 0. The molecule has 2 nitrogen and oxygen atoms in total. The Balaban J connectivity index is 1.69. The first-order valence-electron chi connectivity index (χ1n) is 7.38. The van der Waals surface area contributed by atoms with Crippen LogP contribution in [0.4, 0.5) is 0 Å². The number of hydrogen-bond acceptors (Lipinski definition) is 2. The molecule has 1 aromatic carbocycles. The second-order valence-corrected chi connectivity index (χ2v) is 5.04. The van der Waals surface area contributed by atoms with Gasteiger partial charge in [0.2, 0.25) is 0 Å². The number of nitrogens with zero attached hydrogens (tertiary/aromatic N) is 1. The van der Waals surface area contributed by atoms with Crippen LogP contribution >= 0.6 is 0 Å². The van der Waals surface area contributed by atoms with Crippen LogP contribution in [0.2, 0.25) is 0 Å². The van der Waals surface area contributed by atoms with Crippen molar-refractivity contribution in [2.24, 2.45) is 0 Å². The minimum Gasteiger partial charge on any atom is -0.372 e. The lowest BCUT2D eigenvalue weighted by atomic mass is 9.99. The zero-order chi connectivity index (χ0) is 13.0. The lowest BCUT2D eigenvalue weighted by molar-refractivity contribution is 0.134. The van der Waals surface area contributed by atoms with Crippen molar-refractivity contribution in [3.05, 3.63) is 46.7 Å². The van der Waals surface area contributed by atoms with Crippen LogP contribution < -0.4 is 0 Å². The molecular formula is C15H17NO. The molecule has 1 saturated heterocycles. The summed E-state index contributed by atoms with van der Waals surface area (Å²) < 4.78 is 20.8. The average Bonchev–Trinajstić information content (AvgIpc) is 3.03. The van der Waals surface area contributed by atoms with Gasteiger partial charge in [0.15, 0.2) is 0 Å². The number of ether oxygens (including phenoxy) is 1. The molecule has 3 aliphatic rings. The Hall–Kier alpha value is -1.28. The third-order valence-corrected chi connectivity index (χ3v) is 4.09. The van der Waals surface area contributed by atoms with E-state index in [1.54, 1.807) is 0 Å². The van der Waals surface area contributed by atoms with Crippen molar-refractivity contribution in [2.75, 3.05) is 6.54 Å². The van der Waals surface area contributed by atoms with E-state index in [0.29, 0.717) is 18.2 Å². The van der Waals surface area contributed by atoms with Gasteiger partial charge in [0.05, 0.1) is 21.9 Å². The van der Waals surface area contributed by atoms with Gasteiger partial charge in [0, 0.05) is 12.2 Å². The van der Waals surface area contributed by atoms with Gasteiger partial charge in [-0.25, -0.2) is 0 Å². The number of fused-ring (bicyclic) bond motifs is 2. The van der Waals surface area contributed by atoms with Crippen molar-refractivity contribution in [3.8, 4) is 0 Å². The van der Waals surface area contributed by atoms with E-state index in [4.69, 9.17) is 7.48 Å². The van der Waals surface area contributed by atoms with Gasteiger partial charge in [0.25, 0.3) is 0 Å². The van der Waals surface area contributed by atoms with Crippen molar-refractivity contribution < 1.29 is 7.48 Å². The average molecular weight is 229 g/mol. The minimum atomic E-state index is -1.61. The molecule has 1 unspecified atom stereocenters. The van der Waals surface area contributed by atoms with Gasteiger partial charge in [-0.2, -0.15) is 0 Å². The van der Waals surface area contributed by atoms with Gasteiger partial charge in [-0.15, -0.1) is 0 Å². The van der Waals surface area contributed by atoms with Crippen molar-refractivity contribution >= 4 is 0 Å². The molecule has 2 heteroatoms. The maximum atomic E-state index is 7.79. The molecule has 17 heavy (non-hydrogen) atoms. The van der Waals surface area contributed by atoms with Crippen molar-refractivity contribution in [3.63, 3.8) is 0 Å². The van der Waals surface area contributed by atoms with E-state index >= 15 is 0 Å². The largest absolute Gasteiger partial charge is 0.372 e. The SMILES string of the molecule is [2H]C1([2H])OCc2cc(C3CCC4=CCCN43)ccc21.